The Morgan fingerprint density at radius 2 is 1.81 bits per heavy atom. The Morgan fingerprint density at radius 1 is 1.07 bits per heavy atom. The fraction of sp³-hybridized carbons (Fsp3) is 0.250. The quantitative estimate of drug-likeness (QED) is 0.667. The fourth-order valence-electron chi connectivity index (χ4n) is 2.41. The molecule has 27 heavy (non-hydrogen) atoms. The Labute approximate surface area is 156 Å². The van der Waals surface area contributed by atoms with Crippen LogP contribution in [0.15, 0.2) is 54.6 Å². The summed E-state index contributed by atoms with van der Waals surface area (Å²) in [7, 11) is 0. The Bertz CT molecular complexity index is 794. The molecule has 0 aromatic heterocycles. The Balaban J connectivity index is 1.97. The van der Waals surface area contributed by atoms with Crippen molar-refractivity contribution in [1.82, 2.24) is 5.32 Å². The van der Waals surface area contributed by atoms with Crippen molar-refractivity contribution in [2.24, 2.45) is 0 Å². The molecule has 0 saturated heterocycles. The first-order valence-electron chi connectivity index (χ1n) is 8.37. The van der Waals surface area contributed by atoms with Crippen molar-refractivity contribution >= 4 is 17.7 Å². The van der Waals surface area contributed by atoms with Crippen LogP contribution in [-0.4, -0.2) is 42.1 Å². The second kappa shape index (κ2) is 10.1. The van der Waals surface area contributed by atoms with Gasteiger partial charge in [-0.1, -0.05) is 36.4 Å². The topological polar surface area (TPSA) is 92.7 Å². The van der Waals surface area contributed by atoms with Crippen LogP contribution in [0.25, 0.3) is 0 Å². The molecule has 0 heterocycles. The molecule has 0 aliphatic carbocycles. The van der Waals surface area contributed by atoms with Crippen molar-refractivity contribution in [3.8, 4) is 5.75 Å². The van der Waals surface area contributed by atoms with Crippen LogP contribution in [0, 0.1) is 0 Å². The first-order chi connectivity index (χ1) is 13.0. The summed E-state index contributed by atoms with van der Waals surface area (Å²) in [5.74, 6) is -2.50. The van der Waals surface area contributed by atoms with E-state index in [9.17, 15) is 18.8 Å². The molecular formula is C20H20FNO5. The van der Waals surface area contributed by atoms with Gasteiger partial charge in [-0.3, -0.25) is 14.4 Å². The Hall–Kier alpha value is -3.22. The van der Waals surface area contributed by atoms with E-state index in [0.717, 1.165) is 5.56 Å². The predicted molar refractivity (Wildman–Crippen MR) is 96.6 cm³/mol. The van der Waals surface area contributed by atoms with E-state index in [1.807, 2.05) is 30.3 Å². The average molecular weight is 373 g/mol. The molecule has 1 atom stereocenters. The fourth-order valence-corrected chi connectivity index (χ4v) is 2.41. The number of amides is 1. The predicted octanol–water partition coefficient (Wildman–Crippen LogP) is 2.42. The molecule has 1 unspecified atom stereocenters. The maximum absolute atomic E-state index is 12.6. The van der Waals surface area contributed by atoms with Crippen LogP contribution in [0.4, 0.5) is 4.39 Å². The zero-order valence-electron chi connectivity index (χ0n) is 14.6. The standard InChI is InChI=1S/C20H20FNO5/c21-13-18(23)17(12-19(24)25)22-20(26)15-7-4-8-16(11-15)27-10-9-14-5-2-1-3-6-14/h1-8,11,17H,9-10,12-13H2,(H,22,26)(H,24,25). The van der Waals surface area contributed by atoms with Gasteiger partial charge in [-0.2, -0.15) is 0 Å². The van der Waals surface area contributed by atoms with Crippen molar-refractivity contribution < 1.29 is 28.6 Å². The van der Waals surface area contributed by atoms with Crippen molar-refractivity contribution in [2.45, 2.75) is 18.9 Å². The van der Waals surface area contributed by atoms with Gasteiger partial charge in [0.1, 0.15) is 18.5 Å². The van der Waals surface area contributed by atoms with Crippen LogP contribution < -0.4 is 10.1 Å². The Kier molecular flexibility index (Phi) is 7.49. The molecule has 6 nitrogen and oxygen atoms in total. The van der Waals surface area contributed by atoms with Crippen LogP contribution in [0.3, 0.4) is 0 Å². The van der Waals surface area contributed by atoms with Crippen molar-refractivity contribution in [3.05, 3.63) is 65.7 Å². The number of carboxylic acid groups (broad SMARTS) is 1. The van der Waals surface area contributed by atoms with E-state index in [4.69, 9.17) is 9.84 Å². The maximum Gasteiger partial charge on any atom is 0.305 e. The number of benzene rings is 2. The van der Waals surface area contributed by atoms with Crippen molar-refractivity contribution in [3.63, 3.8) is 0 Å². The number of ketones is 1. The number of nitrogens with one attached hydrogen (secondary N) is 1. The highest BCUT2D eigenvalue weighted by Gasteiger charge is 2.24. The third-order valence-corrected chi connectivity index (χ3v) is 3.80. The van der Waals surface area contributed by atoms with E-state index in [1.165, 1.54) is 12.1 Å². The van der Waals surface area contributed by atoms with Crippen LogP contribution in [0.1, 0.15) is 22.3 Å². The molecule has 142 valence electrons. The lowest BCUT2D eigenvalue weighted by Gasteiger charge is -2.15. The normalized spacial score (nSPS) is 11.4. The first-order valence-corrected chi connectivity index (χ1v) is 8.37. The average Bonchev–Trinajstić information content (AvgIpc) is 2.67. The highest BCUT2D eigenvalue weighted by Crippen LogP contribution is 2.14. The molecular weight excluding hydrogens is 353 g/mol. The van der Waals surface area contributed by atoms with Crippen LogP contribution in [0.5, 0.6) is 5.75 Å². The number of hydrogen-bond acceptors (Lipinski definition) is 4. The van der Waals surface area contributed by atoms with Gasteiger partial charge in [0.15, 0.2) is 5.78 Å². The minimum absolute atomic E-state index is 0.189. The second-order valence-corrected chi connectivity index (χ2v) is 5.84. The maximum atomic E-state index is 12.6. The summed E-state index contributed by atoms with van der Waals surface area (Å²) in [6.07, 6.45) is 0.0186. The lowest BCUT2D eigenvalue weighted by molar-refractivity contribution is -0.139. The SMILES string of the molecule is O=C(O)CC(NC(=O)c1cccc(OCCc2ccccc2)c1)C(=O)CF. The van der Waals surface area contributed by atoms with E-state index in [1.54, 1.807) is 12.1 Å². The molecule has 1 amide bonds. The molecule has 0 spiro atoms. The number of rotatable bonds is 10. The number of hydrogen-bond donors (Lipinski definition) is 2. The van der Waals surface area contributed by atoms with Crippen LogP contribution in [0.2, 0.25) is 0 Å². The first kappa shape index (κ1) is 20.1. The van der Waals surface area contributed by atoms with Gasteiger partial charge in [0.25, 0.3) is 5.91 Å². The van der Waals surface area contributed by atoms with E-state index in [0.29, 0.717) is 18.8 Å². The minimum Gasteiger partial charge on any atom is -0.493 e. The zero-order chi connectivity index (χ0) is 19.6. The number of Topliss-reactive ketones (excluding diaryl/α,β-unsaturated/α-hetero) is 1. The molecule has 2 N–H and O–H groups in total. The largest absolute Gasteiger partial charge is 0.493 e. The number of carbonyl (C=O) groups excluding carboxylic acids is 2. The van der Waals surface area contributed by atoms with E-state index in [-0.39, 0.29) is 5.56 Å². The second-order valence-electron chi connectivity index (χ2n) is 5.84. The lowest BCUT2D eigenvalue weighted by Crippen LogP contribution is -2.43. The molecule has 0 bridgehead atoms. The number of carboxylic acids is 1. The van der Waals surface area contributed by atoms with Gasteiger partial charge in [0.05, 0.1) is 13.0 Å². The van der Waals surface area contributed by atoms with Gasteiger partial charge in [0, 0.05) is 12.0 Å². The summed E-state index contributed by atoms with van der Waals surface area (Å²) in [4.78, 5) is 34.5. The minimum atomic E-state index is -1.41. The number of alkyl halides is 1. The van der Waals surface area contributed by atoms with Gasteiger partial charge < -0.3 is 15.2 Å². The molecule has 2 aromatic rings. The summed E-state index contributed by atoms with van der Waals surface area (Å²) < 4.78 is 18.2. The molecule has 0 fully saturated rings. The molecule has 0 aliphatic rings. The molecule has 0 radical (unpaired) electrons. The summed E-state index contributed by atoms with van der Waals surface area (Å²) in [6.45, 7) is -0.933. The summed E-state index contributed by atoms with van der Waals surface area (Å²) in [5.41, 5.74) is 1.31. The molecule has 2 aromatic carbocycles. The number of ether oxygens (including phenoxy) is 1. The molecule has 2 rings (SSSR count). The van der Waals surface area contributed by atoms with Crippen molar-refractivity contribution in [1.29, 1.82) is 0 Å². The third kappa shape index (κ3) is 6.54. The van der Waals surface area contributed by atoms with Crippen LogP contribution in [-0.2, 0) is 16.0 Å². The lowest BCUT2D eigenvalue weighted by atomic mass is 10.1. The molecule has 0 saturated carbocycles. The summed E-state index contributed by atoms with van der Waals surface area (Å²) >= 11 is 0. The number of aliphatic carboxylic acids is 1. The number of carbonyl (C=O) groups is 3. The van der Waals surface area contributed by atoms with Crippen molar-refractivity contribution in [2.75, 3.05) is 13.3 Å². The molecule has 0 aliphatic heterocycles. The molecule has 7 heteroatoms. The summed E-state index contributed by atoms with van der Waals surface area (Å²) in [6, 6.07) is 14.6. The van der Waals surface area contributed by atoms with Crippen LogP contribution >= 0.6 is 0 Å². The zero-order valence-corrected chi connectivity index (χ0v) is 14.6. The summed E-state index contributed by atoms with van der Waals surface area (Å²) in [5, 5.41) is 11.1. The number of halogens is 1. The highest BCUT2D eigenvalue weighted by molar-refractivity contribution is 5.99. The third-order valence-electron chi connectivity index (χ3n) is 3.80. The van der Waals surface area contributed by atoms with Gasteiger partial charge in [-0.15, -0.1) is 0 Å². The van der Waals surface area contributed by atoms with E-state index < -0.39 is 36.8 Å². The van der Waals surface area contributed by atoms with Gasteiger partial charge in [-0.25, -0.2) is 4.39 Å². The monoisotopic (exact) mass is 373 g/mol. The van der Waals surface area contributed by atoms with Gasteiger partial charge >= 0.3 is 5.97 Å². The highest BCUT2D eigenvalue weighted by atomic mass is 19.1. The van der Waals surface area contributed by atoms with Gasteiger partial charge in [0.2, 0.25) is 0 Å². The van der Waals surface area contributed by atoms with E-state index in [2.05, 4.69) is 5.32 Å². The Morgan fingerprint density at radius 3 is 2.48 bits per heavy atom. The van der Waals surface area contributed by atoms with Gasteiger partial charge in [-0.05, 0) is 23.8 Å². The van der Waals surface area contributed by atoms with E-state index >= 15 is 0 Å². The smallest absolute Gasteiger partial charge is 0.305 e.